The second kappa shape index (κ2) is 3.18. The van der Waals surface area contributed by atoms with Gasteiger partial charge in [-0.05, 0) is 31.2 Å². The van der Waals surface area contributed by atoms with Crippen molar-refractivity contribution in [3.63, 3.8) is 0 Å². The summed E-state index contributed by atoms with van der Waals surface area (Å²) < 4.78 is 0. The van der Waals surface area contributed by atoms with Gasteiger partial charge >= 0.3 is 0 Å². The molecule has 1 heterocycles. The van der Waals surface area contributed by atoms with Crippen molar-refractivity contribution >= 4 is 22.3 Å². The van der Waals surface area contributed by atoms with Crippen molar-refractivity contribution < 1.29 is 0 Å². The van der Waals surface area contributed by atoms with Crippen molar-refractivity contribution in [3.8, 4) is 0 Å². The van der Waals surface area contributed by atoms with Gasteiger partial charge in [0.25, 0.3) is 0 Å². The molecule has 3 heteroatoms. The summed E-state index contributed by atoms with van der Waals surface area (Å²) in [5.41, 5.74) is 9.54. The minimum Gasteiger partial charge on any atom is -0.399 e. The van der Waals surface area contributed by atoms with Gasteiger partial charge in [-0.15, -0.1) is 0 Å². The van der Waals surface area contributed by atoms with Gasteiger partial charge < -0.3 is 11.1 Å². The lowest BCUT2D eigenvalue weighted by atomic mass is 10.1. The van der Waals surface area contributed by atoms with Crippen molar-refractivity contribution in [2.24, 2.45) is 0 Å². The zero-order valence-corrected chi connectivity index (χ0v) is 8.33. The second-order valence-electron chi connectivity index (χ2n) is 3.34. The maximum absolute atomic E-state index is 5.73. The van der Waals surface area contributed by atoms with E-state index in [9.17, 15) is 0 Å². The Balaban J connectivity index is 2.81. The SMILES string of the molecule is CNc1cc(C)nc2ccc(N)cc12. The molecule has 1 aromatic heterocycles. The van der Waals surface area contributed by atoms with Gasteiger partial charge in [0.15, 0.2) is 0 Å². The molecule has 2 aromatic rings. The smallest absolute Gasteiger partial charge is 0.0727 e. The largest absolute Gasteiger partial charge is 0.399 e. The third kappa shape index (κ3) is 1.37. The highest BCUT2D eigenvalue weighted by molar-refractivity contribution is 5.93. The van der Waals surface area contributed by atoms with E-state index in [0.717, 1.165) is 28.0 Å². The molecule has 0 amide bonds. The number of nitrogens with two attached hydrogens (primary N) is 1. The Kier molecular flexibility index (Phi) is 2.00. The Morgan fingerprint density at radius 2 is 2.07 bits per heavy atom. The van der Waals surface area contributed by atoms with Crippen LogP contribution in [0.25, 0.3) is 10.9 Å². The zero-order valence-electron chi connectivity index (χ0n) is 8.33. The molecule has 0 bridgehead atoms. The number of hydrogen-bond acceptors (Lipinski definition) is 3. The topological polar surface area (TPSA) is 50.9 Å². The zero-order chi connectivity index (χ0) is 10.1. The molecule has 1 aromatic carbocycles. The number of nitrogen functional groups attached to an aromatic ring is 1. The molecule has 72 valence electrons. The Morgan fingerprint density at radius 1 is 1.29 bits per heavy atom. The van der Waals surface area contributed by atoms with Crippen molar-refractivity contribution in [2.75, 3.05) is 18.1 Å². The van der Waals surface area contributed by atoms with E-state index in [0.29, 0.717) is 0 Å². The summed E-state index contributed by atoms with van der Waals surface area (Å²) in [6.45, 7) is 1.98. The molecule has 0 spiro atoms. The molecule has 0 aliphatic carbocycles. The lowest BCUT2D eigenvalue weighted by molar-refractivity contribution is 1.25. The first-order valence-corrected chi connectivity index (χ1v) is 4.55. The van der Waals surface area contributed by atoms with Gasteiger partial charge in [-0.2, -0.15) is 0 Å². The third-order valence-corrected chi connectivity index (χ3v) is 2.23. The lowest BCUT2D eigenvalue weighted by Gasteiger charge is -2.07. The van der Waals surface area contributed by atoms with E-state index in [1.807, 2.05) is 38.2 Å². The maximum Gasteiger partial charge on any atom is 0.0727 e. The average Bonchev–Trinajstić information content (AvgIpc) is 2.17. The van der Waals surface area contributed by atoms with Crippen molar-refractivity contribution in [3.05, 3.63) is 30.0 Å². The number of aryl methyl sites for hydroxylation is 1. The van der Waals surface area contributed by atoms with Crippen LogP contribution in [0.2, 0.25) is 0 Å². The second-order valence-corrected chi connectivity index (χ2v) is 3.34. The number of nitrogens with one attached hydrogen (secondary N) is 1. The summed E-state index contributed by atoms with van der Waals surface area (Å²) in [6.07, 6.45) is 0. The van der Waals surface area contributed by atoms with Crippen molar-refractivity contribution in [1.29, 1.82) is 0 Å². The van der Waals surface area contributed by atoms with Crippen LogP contribution in [0.15, 0.2) is 24.3 Å². The van der Waals surface area contributed by atoms with Gasteiger partial charge in [0, 0.05) is 29.5 Å². The highest BCUT2D eigenvalue weighted by Crippen LogP contribution is 2.24. The summed E-state index contributed by atoms with van der Waals surface area (Å²) in [7, 11) is 1.90. The van der Waals surface area contributed by atoms with Crippen LogP contribution in [0.3, 0.4) is 0 Å². The first-order valence-electron chi connectivity index (χ1n) is 4.55. The molecule has 0 aliphatic rings. The summed E-state index contributed by atoms with van der Waals surface area (Å²) >= 11 is 0. The van der Waals surface area contributed by atoms with Crippen LogP contribution in [0.4, 0.5) is 11.4 Å². The van der Waals surface area contributed by atoms with E-state index >= 15 is 0 Å². The van der Waals surface area contributed by atoms with Crippen LogP contribution in [-0.2, 0) is 0 Å². The first kappa shape index (κ1) is 8.81. The number of nitrogens with zero attached hydrogens (tertiary/aromatic N) is 1. The molecule has 14 heavy (non-hydrogen) atoms. The van der Waals surface area contributed by atoms with Crippen molar-refractivity contribution in [1.82, 2.24) is 4.98 Å². The predicted molar refractivity (Wildman–Crippen MR) is 60.4 cm³/mol. The van der Waals surface area contributed by atoms with Crippen LogP contribution >= 0.6 is 0 Å². The highest BCUT2D eigenvalue weighted by atomic mass is 14.8. The standard InChI is InChI=1S/C11H13N3/c1-7-5-11(13-2)9-6-8(12)3-4-10(9)14-7/h3-6H,12H2,1-2H3,(H,13,14). The normalized spacial score (nSPS) is 10.4. The quantitative estimate of drug-likeness (QED) is 0.673. The van der Waals surface area contributed by atoms with Gasteiger partial charge in [0.1, 0.15) is 0 Å². The van der Waals surface area contributed by atoms with Crippen molar-refractivity contribution in [2.45, 2.75) is 6.92 Å². The molecule has 0 unspecified atom stereocenters. The fraction of sp³-hybridized carbons (Fsp3) is 0.182. The van der Waals surface area contributed by atoms with E-state index < -0.39 is 0 Å². The molecule has 3 N–H and O–H groups in total. The number of benzene rings is 1. The highest BCUT2D eigenvalue weighted by Gasteiger charge is 2.02. The number of pyridine rings is 1. The van der Waals surface area contributed by atoms with Gasteiger partial charge in [0.2, 0.25) is 0 Å². The molecule has 0 saturated carbocycles. The molecular weight excluding hydrogens is 174 g/mol. The molecule has 0 radical (unpaired) electrons. The fourth-order valence-corrected chi connectivity index (χ4v) is 1.58. The summed E-state index contributed by atoms with van der Waals surface area (Å²) in [5.74, 6) is 0. The number of anilines is 2. The van der Waals surface area contributed by atoms with Gasteiger partial charge in [-0.25, -0.2) is 0 Å². The maximum atomic E-state index is 5.73. The van der Waals surface area contributed by atoms with Crippen LogP contribution in [0, 0.1) is 6.92 Å². The van der Waals surface area contributed by atoms with Crippen LogP contribution in [0.5, 0.6) is 0 Å². The Hall–Kier alpha value is -1.77. The van der Waals surface area contributed by atoms with E-state index in [-0.39, 0.29) is 0 Å². The minimum atomic E-state index is 0.764. The number of hydrogen-bond donors (Lipinski definition) is 2. The molecule has 0 fully saturated rings. The van der Waals surface area contributed by atoms with E-state index in [4.69, 9.17) is 5.73 Å². The third-order valence-electron chi connectivity index (χ3n) is 2.23. The number of fused-ring (bicyclic) bond motifs is 1. The van der Waals surface area contributed by atoms with E-state index in [1.165, 1.54) is 0 Å². The lowest BCUT2D eigenvalue weighted by Crippen LogP contribution is -1.94. The average molecular weight is 187 g/mol. The minimum absolute atomic E-state index is 0.764. The Labute approximate surface area is 83.0 Å². The molecule has 2 rings (SSSR count). The van der Waals surface area contributed by atoms with Crippen LogP contribution < -0.4 is 11.1 Å². The van der Waals surface area contributed by atoms with E-state index in [2.05, 4.69) is 10.3 Å². The fourth-order valence-electron chi connectivity index (χ4n) is 1.58. The monoisotopic (exact) mass is 187 g/mol. The Morgan fingerprint density at radius 3 is 2.79 bits per heavy atom. The molecule has 0 aliphatic heterocycles. The molecule has 3 nitrogen and oxygen atoms in total. The molecule has 0 atom stereocenters. The molecule has 0 saturated heterocycles. The van der Waals surface area contributed by atoms with Gasteiger partial charge in [-0.1, -0.05) is 0 Å². The van der Waals surface area contributed by atoms with Gasteiger partial charge in [0.05, 0.1) is 5.52 Å². The summed E-state index contributed by atoms with van der Waals surface area (Å²) in [4.78, 5) is 4.43. The Bertz CT molecular complexity index is 477. The van der Waals surface area contributed by atoms with Crippen LogP contribution in [-0.4, -0.2) is 12.0 Å². The number of rotatable bonds is 1. The van der Waals surface area contributed by atoms with E-state index in [1.54, 1.807) is 0 Å². The molecular formula is C11H13N3. The van der Waals surface area contributed by atoms with Gasteiger partial charge in [-0.3, -0.25) is 4.98 Å². The van der Waals surface area contributed by atoms with Crippen LogP contribution in [0.1, 0.15) is 5.69 Å². The first-order chi connectivity index (χ1) is 6.70. The number of aromatic nitrogens is 1. The summed E-state index contributed by atoms with van der Waals surface area (Å²) in [6, 6.07) is 7.77. The predicted octanol–water partition coefficient (Wildman–Crippen LogP) is 2.17. The summed E-state index contributed by atoms with van der Waals surface area (Å²) in [5, 5.41) is 4.21.